The molecular formula is C19H21NO6. The molecule has 1 amide bonds. The fourth-order valence-electron chi connectivity index (χ4n) is 2.10. The van der Waals surface area contributed by atoms with Crippen molar-refractivity contribution in [1.82, 2.24) is 5.32 Å². The summed E-state index contributed by atoms with van der Waals surface area (Å²) in [4.78, 5) is 23.0. The summed E-state index contributed by atoms with van der Waals surface area (Å²) in [6.45, 7) is 0.0992. The SMILES string of the molecule is COc1ccc(COC[C@H](NC(=O)OCc2ccccc2)C(=O)O)cc1. The van der Waals surface area contributed by atoms with Gasteiger partial charge in [-0.2, -0.15) is 0 Å². The summed E-state index contributed by atoms with van der Waals surface area (Å²) in [6.07, 6.45) is -0.811. The molecule has 7 nitrogen and oxygen atoms in total. The van der Waals surface area contributed by atoms with Gasteiger partial charge in [-0.1, -0.05) is 42.5 Å². The van der Waals surface area contributed by atoms with Crippen molar-refractivity contribution in [3.05, 3.63) is 65.7 Å². The second kappa shape index (κ2) is 10.0. The summed E-state index contributed by atoms with van der Waals surface area (Å²) in [6, 6.07) is 15.1. The average Bonchev–Trinajstić information content (AvgIpc) is 2.67. The highest BCUT2D eigenvalue weighted by Gasteiger charge is 2.21. The molecule has 2 aromatic rings. The molecule has 0 saturated heterocycles. The quantitative estimate of drug-likeness (QED) is 0.715. The molecule has 0 unspecified atom stereocenters. The van der Waals surface area contributed by atoms with Crippen molar-refractivity contribution in [2.45, 2.75) is 19.3 Å². The summed E-state index contributed by atoms with van der Waals surface area (Å²) in [7, 11) is 1.57. The van der Waals surface area contributed by atoms with Gasteiger partial charge in [-0.25, -0.2) is 9.59 Å². The number of hydrogen-bond donors (Lipinski definition) is 2. The number of aliphatic carboxylic acids is 1. The zero-order valence-corrected chi connectivity index (χ0v) is 14.4. The van der Waals surface area contributed by atoms with E-state index in [1.54, 1.807) is 31.4 Å². The molecule has 138 valence electrons. The predicted octanol–water partition coefficient (Wildman–Crippen LogP) is 2.59. The molecule has 0 radical (unpaired) electrons. The minimum Gasteiger partial charge on any atom is -0.497 e. The third-order valence-electron chi connectivity index (χ3n) is 3.52. The highest BCUT2D eigenvalue weighted by atomic mass is 16.5. The molecule has 0 bridgehead atoms. The van der Waals surface area contributed by atoms with Crippen molar-refractivity contribution in [1.29, 1.82) is 0 Å². The molecule has 26 heavy (non-hydrogen) atoms. The van der Waals surface area contributed by atoms with Crippen LogP contribution in [0.25, 0.3) is 0 Å². The van der Waals surface area contributed by atoms with Crippen molar-refractivity contribution in [2.75, 3.05) is 13.7 Å². The monoisotopic (exact) mass is 359 g/mol. The van der Waals surface area contributed by atoms with E-state index in [9.17, 15) is 14.7 Å². The second-order valence-corrected chi connectivity index (χ2v) is 5.46. The number of alkyl carbamates (subject to hydrolysis) is 1. The number of nitrogens with one attached hydrogen (secondary N) is 1. The number of carbonyl (C=O) groups excluding carboxylic acids is 1. The lowest BCUT2D eigenvalue weighted by molar-refractivity contribution is -0.141. The van der Waals surface area contributed by atoms with Crippen molar-refractivity contribution in [3.8, 4) is 5.75 Å². The van der Waals surface area contributed by atoms with Crippen LogP contribution in [0, 0.1) is 0 Å². The molecule has 2 rings (SSSR count). The highest BCUT2D eigenvalue weighted by Crippen LogP contribution is 2.12. The maximum atomic E-state index is 11.8. The van der Waals surface area contributed by atoms with Gasteiger partial charge in [-0.3, -0.25) is 0 Å². The highest BCUT2D eigenvalue weighted by molar-refractivity contribution is 5.80. The molecule has 0 aliphatic carbocycles. The van der Waals surface area contributed by atoms with E-state index < -0.39 is 18.1 Å². The van der Waals surface area contributed by atoms with Crippen molar-refractivity contribution in [2.24, 2.45) is 0 Å². The molecular weight excluding hydrogens is 338 g/mol. The largest absolute Gasteiger partial charge is 0.497 e. The maximum Gasteiger partial charge on any atom is 0.408 e. The Kier molecular flexibility index (Phi) is 7.45. The van der Waals surface area contributed by atoms with E-state index >= 15 is 0 Å². The van der Waals surface area contributed by atoms with Gasteiger partial charge in [0.1, 0.15) is 12.4 Å². The van der Waals surface area contributed by atoms with E-state index in [0.717, 1.165) is 16.9 Å². The normalized spacial score (nSPS) is 11.4. The molecule has 0 aliphatic heterocycles. The van der Waals surface area contributed by atoms with Gasteiger partial charge in [0.25, 0.3) is 0 Å². The first kappa shape index (κ1) is 19.3. The minimum absolute atomic E-state index is 0.0612. The van der Waals surface area contributed by atoms with Gasteiger partial charge in [0.05, 0.1) is 20.3 Å². The molecule has 0 fully saturated rings. The fraction of sp³-hybridized carbons (Fsp3) is 0.263. The van der Waals surface area contributed by atoms with E-state index in [1.165, 1.54) is 0 Å². The van der Waals surface area contributed by atoms with Crippen LogP contribution >= 0.6 is 0 Å². The Hall–Kier alpha value is -3.06. The second-order valence-electron chi connectivity index (χ2n) is 5.46. The minimum atomic E-state index is -1.20. The Labute approximate surface area is 151 Å². The number of benzene rings is 2. The summed E-state index contributed by atoms with van der Waals surface area (Å²) in [5.74, 6) is -0.476. The van der Waals surface area contributed by atoms with Gasteiger partial charge in [-0.15, -0.1) is 0 Å². The van der Waals surface area contributed by atoms with Gasteiger partial charge >= 0.3 is 12.1 Å². The first-order valence-corrected chi connectivity index (χ1v) is 7.99. The van der Waals surface area contributed by atoms with Gasteiger partial charge in [0, 0.05) is 0 Å². The van der Waals surface area contributed by atoms with E-state index in [-0.39, 0.29) is 19.8 Å². The Bertz CT molecular complexity index is 702. The molecule has 0 spiro atoms. The molecule has 7 heteroatoms. The molecule has 2 N–H and O–H groups in total. The Balaban J connectivity index is 1.76. The third-order valence-corrected chi connectivity index (χ3v) is 3.52. The topological polar surface area (TPSA) is 94.1 Å². The number of carboxylic acid groups (broad SMARTS) is 1. The third kappa shape index (κ3) is 6.45. The molecule has 0 heterocycles. The number of methoxy groups -OCH3 is 1. The molecule has 0 saturated carbocycles. The standard InChI is InChI=1S/C19H21NO6/c1-24-16-9-7-15(8-10-16)11-25-13-17(18(21)22)20-19(23)26-12-14-5-3-2-4-6-14/h2-10,17H,11-13H2,1H3,(H,20,23)(H,21,22)/t17-/m0/s1. The lowest BCUT2D eigenvalue weighted by atomic mass is 10.2. The number of ether oxygens (including phenoxy) is 3. The number of amides is 1. The van der Waals surface area contributed by atoms with E-state index in [2.05, 4.69) is 5.32 Å². The van der Waals surface area contributed by atoms with Crippen LogP contribution < -0.4 is 10.1 Å². The zero-order valence-electron chi connectivity index (χ0n) is 14.4. The average molecular weight is 359 g/mol. The molecule has 0 aliphatic rings. The van der Waals surface area contributed by atoms with Crippen LogP contribution in [0.2, 0.25) is 0 Å². The number of carbonyl (C=O) groups is 2. The molecule has 0 aromatic heterocycles. The van der Waals surface area contributed by atoms with Gasteiger partial charge in [0.2, 0.25) is 0 Å². The van der Waals surface area contributed by atoms with Crippen LogP contribution in [0.5, 0.6) is 5.75 Å². The first-order valence-electron chi connectivity index (χ1n) is 7.99. The van der Waals surface area contributed by atoms with E-state index in [1.807, 2.05) is 30.3 Å². The van der Waals surface area contributed by atoms with Gasteiger partial charge < -0.3 is 24.6 Å². The maximum absolute atomic E-state index is 11.8. The summed E-state index contributed by atoms with van der Waals surface area (Å²) < 4.78 is 15.5. The van der Waals surface area contributed by atoms with Crippen molar-refractivity contribution >= 4 is 12.1 Å². The fourth-order valence-corrected chi connectivity index (χ4v) is 2.10. The van der Waals surface area contributed by atoms with Gasteiger partial charge in [0.15, 0.2) is 6.04 Å². The summed E-state index contributed by atoms with van der Waals surface area (Å²) >= 11 is 0. The zero-order chi connectivity index (χ0) is 18.8. The lowest BCUT2D eigenvalue weighted by Gasteiger charge is -2.15. The van der Waals surface area contributed by atoms with E-state index in [0.29, 0.717) is 0 Å². The van der Waals surface area contributed by atoms with Crippen molar-refractivity contribution < 1.29 is 28.9 Å². The molecule has 1 atom stereocenters. The van der Waals surface area contributed by atoms with Crippen LogP contribution in [0.15, 0.2) is 54.6 Å². The van der Waals surface area contributed by atoms with Crippen LogP contribution in [0.4, 0.5) is 4.79 Å². The number of rotatable bonds is 9. The smallest absolute Gasteiger partial charge is 0.408 e. The number of hydrogen-bond acceptors (Lipinski definition) is 5. The Morgan fingerprint density at radius 3 is 2.27 bits per heavy atom. The van der Waals surface area contributed by atoms with Crippen LogP contribution in [-0.2, 0) is 27.5 Å². The Morgan fingerprint density at radius 2 is 1.65 bits per heavy atom. The Morgan fingerprint density at radius 1 is 1.00 bits per heavy atom. The van der Waals surface area contributed by atoms with Gasteiger partial charge in [-0.05, 0) is 23.3 Å². The first-order chi connectivity index (χ1) is 12.6. The summed E-state index contributed by atoms with van der Waals surface area (Å²) in [5, 5.41) is 11.5. The van der Waals surface area contributed by atoms with E-state index in [4.69, 9.17) is 14.2 Å². The van der Waals surface area contributed by atoms with Crippen LogP contribution in [0.3, 0.4) is 0 Å². The predicted molar refractivity (Wildman–Crippen MR) is 93.8 cm³/mol. The summed E-state index contributed by atoms with van der Waals surface area (Å²) in [5.41, 5.74) is 1.67. The lowest BCUT2D eigenvalue weighted by Crippen LogP contribution is -2.44. The molecule has 2 aromatic carbocycles. The van der Waals surface area contributed by atoms with Crippen molar-refractivity contribution in [3.63, 3.8) is 0 Å². The van der Waals surface area contributed by atoms with Crippen LogP contribution in [-0.4, -0.2) is 36.9 Å². The number of carboxylic acids is 1. The van der Waals surface area contributed by atoms with Crippen LogP contribution in [0.1, 0.15) is 11.1 Å².